The van der Waals surface area contributed by atoms with Gasteiger partial charge in [0.25, 0.3) is 5.91 Å². The van der Waals surface area contributed by atoms with Crippen LogP contribution in [0.2, 0.25) is 0 Å². The average Bonchev–Trinajstić information content (AvgIpc) is 3.14. The highest BCUT2D eigenvalue weighted by atomic mass is 79.9. The van der Waals surface area contributed by atoms with E-state index >= 15 is 0 Å². The highest BCUT2D eigenvalue weighted by Crippen LogP contribution is 2.36. The van der Waals surface area contributed by atoms with Crippen molar-refractivity contribution in [1.82, 2.24) is 10.3 Å². The van der Waals surface area contributed by atoms with Crippen LogP contribution >= 0.6 is 15.9 Å². The number of aromatic nitrogens is 1. The number of H-pyrrole nitrogens is 1. The molecule has 0 unspecified atom stereocenters. The molecule has 3 rings (SSSR count). The number of ether oxygens (including phenoxy) is 2. The molecule has 1 aromatic heterocycles. The number of hydrogen-bond acceptors (Lipinski definition) is 4. The monoisotopic (exact) mass is 453 g/mol. The molecule has 2 aromatic carbocycles. The van der Waals surface area contributed by atoms with Gasteiger partial charge in [-0.25, -0.2) is 0 Å². The van der Waals surface area contributed by atoms with Gasteiger partial charge >= 0.3 is 0 Å². The maximum absolute atomic E-state index is 12.5. The van der Waals surface area contributed by atoms with Crippen molar-refractivity contribution in [2.24, 2.45) is 0 Å². The molecule has 148 valence electrons. The molecule has 0 saturated carbocycles. The fourth-order valence-corrected chi connectivity index (χ4v) is 3.70. The molecule has 0 fully saturated rings. The van der Waals surface area contributed by atoms with Gasteiger partial charge in [0.1, 0.15) is 11.6 Å². The van der Waals surface area contributed by atoms with E-state index in [1.807, 2.05) is 36.5 Å². The van der Waals surface area contributed by atoms with Crippen LogP contribution in [0.5, 0.6) is 11.5 Å². The van der Waals surface area contributed by atoms with Crippen LogP contribution in [-0.2, 0) is 11.2 Å². The molecule has 7 heteroatoms. The van der Waals surface area contributed by atoms with E-state index < -0.39 is 5.91 Å². The Kier molecular flexibility index (Phi) is 6.57. The molecule has 1 amide bonds. The first-order valence-electron chi connectivity index (χ1n) is 8.94. The van der Waals surface area contributed by atoms with Gasteiger partial charge in [0.05, 0.1) is 18.7 Å². The molecule has 29 heavy (non-hydrogen) atoms. The maximum Gasteiger partial charge on any atom is 0.261 e. The zero-order chi connectivity index (χ0) is 20.8. The summed E-state index contributed by atoms with van der Waals surface area (Å²) in [5.41, 5.74) is 2.85. The van der Waals surface area contributed by atoms with Crippen LogP contribution in [0.4, 0.5) is 0 Å². The molecule has 3 aromatic rings. The fourth-order valence-electron chi connectivity index (χ4n) is 3.08. The molecule has 0 bridgehead atoms. The number of amides is 1. The van der Waals surface area contributed by atoms with Crippen LogP contribution in [0.1, 0.15) is 11.1 Å². The van der Waals surface area contributed by atoms with E-state index in [9.17, 15) is 10.1 Å². The average molecular weight is 454 g/mol. The third-order valence-corrected chi connectivity index (χ3v) is 5.08. The van der Waals surface area contributed by atoms with Crippen molar-refractivity contribution >= 4 is 38.8 Å². The van der Waals surface area contributed by atoms with Crippen LogP contribution < -0.4 is 14.8 Å². The minimum absolute atomic E-state index is 0.0167. The summed E-state index contributed by atoms with van der Waals surface area (Å²) in [7, 11) is 3.07. The first-order valence-corrected chi connectivity index (χ1v) is 9.73. The summed E-state index contributed by atoms with van der Waals surface area (Å²) in [4.78, 5) is 15.7. The lowest BCUT2D eigenvalue weighted by atomic mass is 10.1. The number of benzene rings is 2. The Hall–Kier alpha value is -3.24. The number of aromatic amines is 1. The Balaban J connectivity index is 1.70. The quantitative estimate of drug-likeness (QED) is 0.414. The van der Waals surface area contributed by atoms with E-state index in [2.05, 4.69) is 26.2 Å². The number of rotatable bonds is 7. The molecule has 1 heterocycles. The Labute approximate surface area is 177 Å². The minimum atomic E-state index is -0.418. The largest absolute Gasteiger partial charge is 0.493 e. The lowest BCUT2D eigenvalue weighted by Gasteiger charge is -2.10. The van der Waals surface area contributed by atoms with Crippen molar-refractivity contribution in [3.63, 3.8) is 0 Å². The van der Waals surface area contributed by atoms with Crippen LogP contribution in [0, 0.1) is 11.3 Å². The van der Waals surface area contributed by atoms with Gasteiger partial charge in [-0.15, -0.1) is 0 Å². The molecule has 0 aliphatic rings. The number of methoxy groups -OCH3 is 2. The second-order valence-electron chi connectivity index (χ2n) is 6.27. The molecule has 0 radical (unpaired) electrons. The predicted molar refractivity (Wildman–Crippen MR) is 116 cm³/mol. The predicted octanol–water partition coefficient (Wildman–Crippen LogP) is 4.21. The van der Waals surface area contributed by atoms with Gasteiger partial charge in [-0.1, -0.05) is 18.2 Å². The van der Waals surface area contributed by atoms with Gasteiger partial charge in [-0.05, 0) is 57.8 Å². The summed E-state index contributed by atoms with van der Waals surface area (Å²) in [6.45, 7) is 0.426. The van der Waals surface area contributed by atoms with Gasteiger partial charge < -0.3 is 19.8 Å². The standard InChI is InChI=1S/C22H20BrN3O3/c1-28-20-11-14(10-18(23)21(20)29-2)9-16(12-24)22(27)25-8-7-15-13-26-19-6-4-3-5-17(15)19/h3-6,9-11,13,26H,7-8H2,1-2H3,(H,25,27)/b16-9+. The summed E-state index contributed by atoms with van der Waals surface area (Å²) in [6, 6.07) is 13.4. The van der Waals surface area contributed by atoms with E-state index in [4.69, 9.17) is 9.47 Å². The van der Waals surface area contributed by atoms with Crippen LogP contribution in [0.3, 0.4) is 0 Å². The number of hydrogen-bond donors (Lipinski definition) is 2. The van der Waals surface area contributed by atoms with Crippen LogP contribution in [-0.4, -0.2) is 31.7 Å². The number of nitrogens with zero attached hydrogens (tertiary/aromatic N) is 1. The van der Waals surface area contributed by atoms with Gasteiger partial charge in [-0.2, -0.15) is 5.26 Å². The van der Waals surface area contributed by atoms with E-state index in [1.165, 1.54) is 13.2 Å². The van der Waals surface area contributed by atoms with E-state index in [0.29, 0.717) is 34.5 Å². The smallest absolute Gasteiger partial charge is 0.261 e. The van der Waals surface area contributed by atoms with Gasteiger partial charge in [0.15, 0.2) is 11.5 Å². The second kappa shape index (κ2) is 9.30. The molecule has 0 saturated heterocycles. The molecule has 2 N–H and O–H groups in total. The topological polar surface area (TPSA) is 87.1 Å². The molecule has 6 nitrogen and oxygen atoms in total. The van der Waals surface area contributed by atoms with Crippen molar-refractivity contribution in [2.45, 2.75) is 6.42 Å². The normalized spacial score (nSPS) is 11.2. The van der Waals surface area contributed by atoms with E-state index in [1.54, 1.807) is 19.2 Å². The SMILES string of the molecule is COc1cc(/C=C(\C#N)C(=O)NCCc2c[nH]c3ccccc23)cc(Br)c1OC. The summed E-state index contributed by atoms with van der Waals surface area (Å²) >= 11 is 3.41. The Morgan fingerprint density at radius 1 is 1.28 bits per heavy atom. The third kappa shape index (κ3) is 4.61. The number of carbonyl (C=O) groups is 1. The number of carbonyl (C=O) groups excluding carboxylic acids is 1. The summed E-state index contributed by atoms with van der Waals surface area (Å²) in [6.07, 6.45) is 4.13. The van der Waals surface area contributed by atoms with Crippen LogP contribution in [0.15, 0.2) is 52.6 Å². The summed E-state index contributed by atoms with van der Waals surface area (Å²) in [5.74, 6) is 0.634. The molecule has 0 spiro atoms. The molecular weight excluding hydrogens is 434 g/mol. The number of nitrogens with one attached hydrogen (secondary N) is 2. The third-order valence-electron chi connectivity index (χ3n) is 4.49. The van der Waals surface area contributed by atoms with Crippen molar-refractivity contribution in [2.75, 3.05) is 20.8 Å². The van der Waals surface area contributed by atoms with Crippen molar-refractivity contribution < 1.29 is 14.3 Å². The zero-order valence-corrected chi connectivity index (χ0v) is 17.7. The lowest BCUT2D eigenvalue weighted by molar-refractivity contribution is -0.117. The highest BCUT2D eigenvalue weighted by molar-refractivity contribution is 9.10. The molecule has 0 atom stereocenters. The Morgan fingerprint density at radius 2 is 2.07 bits per heavy atom. The zero-order valence-electron chi connectivity index (χ0n) is 16.1. The van der Waals surface area contributed by atoms with Crippen molar-refractivity contribution in [3.05, 3.63) is 63.8 Å². The molecule has 0 aliphatic heterocycles. The maximum atomic E-state index is 12.5. The van der Waals surface area contributed by atoms with Crippen molar-refractivity contribution in [1.29, 1.82) is 5.26 Å². The Bertz CT molecular complexity index is 1110. The van der Waals surface area contributed by atoms with Crippen LogP contribution in [0.25, 0.3) is 17.0 Å². The van der Waals surface area contributed by atoms with Crippen molar-refractivity contribution in [3.8, 4) is 17.6 Å². The number of para-hydroxylation sites is 1. The summed E-state index contributed by atoms with van der Waals surface area (Å²) < 4.78 is 11.3. The molecule has 0 aliphatic carbocycles. The van der Waals surface area contributed by atoms with E-state index in [-0.39, 0.29) is 5.57 Å². The highest BCUT2D eigenvalue weighted by Gasteiger charge is 2.13. The van der Waals surface area contributed by atoms with Gasteiger partial charge in [0, 0.05) is 23.6 Å². The number of nitriles is 1. The van der Waals surface area contributed by atoms with Gasteiger partial charge in [0.2, 0.25) is 0 Å². The first-order chi connectivity index (χ1) is 14.1. The van der Waals surface area contributed by atoms with Gasteiger partial charge in [-0.3, -0.25) is 4.79 Å². The first kappa shape index (κ1) is 20.5. The number of fused-ring (bicyclic) bond motifs is 1. The Morgan fingerprint density at radius 3 is 2.79 bits per heavy atom. The fraction of sp³-hybridized carbons (Fsp3) is 0.182. The minimum Gasteiger partial charge on any atom is -0.493 e. The second-order valence-corrected chi connectivity index (χ2v) is 7.13. The lowest BCUT2D eigenvalue weighted by Crippen LogP contribution is -2.26. The molecular formula is C22H20BrN3O3. The number of halogens is 1. The van der Waals surface area contributed by atoms with E-state index in [0.717, 1.165) is 16.5 Å². The summed E-state index contributed by atoms with van der Waals surface area (Å²) in [5, 5.41) is 13.4.